The van der Waals surface area contributed by atoms with Gasteiger partial charge in [-0.05, 0) is 24.4 Å². The van der Waals surface area contributed by atoms with Gasteiger partial charge in [-0.15, -0.1) is 11.3 Å². The van der Waals surface area contributed by atoms with E-state index >= 15 is 0 Å². The zero-order valence-corrected chi connectivity index (χ0v) is 12.3. The summed E-state index contributed by atoms with van der Waals surface area (Å²) >= 11 is 1.64. The molecule has 0 radical (unpaired) electrons. The second-order valence-corrected chi connectivity index (χ2v) is 5.85. The fourth-order valence-corrected chi connectivity index (χ4v) is 3.37. The van der Waals surface area contributed by atoms with Crippen molar-refractivity contribution >= 4 is 27.7 Å². The van der Waals surface area contributed by atoms with E-state index in [1.165, 1.54) is 0 Å². The molecule has 100 valence electrons. The van der Waals surface area contributed by atoms with Crippen LogP contribution in [0.15, 0.2) is 48.4 Å². The van der Waals surface area contributed by atoms with Gasteiger partial charge in [0, 0.05) is 22.8 Å². The molecule has 0 aliphatic rings. The molecular formula is C17H15NOS. The molecule has 0 bridgehead atoms. The fourth-order valence-electron chi connectivity index (χ4n) is 2.58. The first kappa shape index (κ1) is 12.9. The number of allylic oxidation sites excluding steroid dienone is 1. The van der Waals surface area contributed by atoms with Crippen molar-refractivity contribution in [1.29, 1.82) is 0 Å². The maximum absolute atomic E-state index is 12.6. The van der Waals surface area contributed by atoms with Gasteiger partial charge in [0.25, 0.3) is 0 Å². The number of hydrogen-bond acceptors (Lipinski definition) is 2. The van der Waals surface area contributed by atoms with E-state index in [1.54, 1.807) is 11.3 Å². The van der Waals surface area contributed by atoms with Crippen molar-refractivity contribution in [3.63, 3.8) is 0 Å². The molecule has 2 aromatic heterocycles. The fraction of sp³-hybridized carbons (Fsp3) is 0.118. The van der Waals surface area contributed by atoms with Crippen molar-refractivity contribution in [1.82, 2.24) is 0 Å². The molecule has 0 aliphatic carbocycles. The summed E-state index contributed by atoms with van der Waals surface area (Å²) in [5, 5.41) is 16.7. The molecule has 0 saturated carbocycles. The van der Waals surface area contributed by atoms with Gasteiger partial charge in [-0.3, -0.25) is 0 Å². The summed E-state index contributed by atoms with van der Waals surface area (Å²) in [6.07, 6.45) is 0. The highest BCUT2D eigenvalue weighted by Crippen LogP contribution is 2.36. The van der Waals surface area contributed by atoms with Crippen molar-refractivity contribution in [2.24, 2.45) is 0 Å². The summed E-state index contributed by atoms with van der Waals surface area (Å²) in [5.74, 6) is 0. The smallest absolute Gasteiger partial charge is 0.228 e. The molecule has 2 heterocycles. The third-order valence-corrected chi connectivity index (χ3v) is 4.39. The zero-order chi connectivity index (χ0) is 14.3. The molecule has 0 fully saturated rings. The number of aromatic nitrogens is 1. The van der Waals surface area contributed by atoms with Crippen LogP contribution in [0.2, 0.25) is 0 Å². The molecule has 1 aromatic carbocycles. The quantitative estimate of drug-likeness (QED) is 0.500. The van der Waals surface area contributed by atoms with Gasteiger partial charge in [0.1, 0.15) is 0 Å². The van der Waals surface area contributed by atoms with Crippen molar-refractivity contribution in [3.8, 4) is 10.4 Å². The average molecular weight is 281 g/mol. The number of pyridine rings is 1. The van der Waals surface area contributed by atoms with Crippen molar-refractivity contribution in [2.75, 3.05) is 0 Å². The number of benzene rings is 1. The number of nitrogens with zero attached hydrogens (tertiary/aromatic N) is 1. The van der Waals surface area contributed by atoms with Crippen LogP contribution in [0.5, 0.6) is 0 Å². The molecule has 3 rings (SSSR count). The Labute approximate surface area is 122 Å². The van der Waals surface area contributed by atoms with E-state index in [9.17, 15) is 5.21 Å². The number of hydrogen-bond donors (Lipinski definition) is 0. The highest BCUT2D eigenvalue weighted by atomic mass is 32.1. The minimum atomic E-state index is 0.670. The Morgan fingerprint density at radius 3 is 2.45 bits per heavy atom. The number of aryl methyl sites for hydroxylation is 1. The minimum Gasteiger partial charge on any atom is -0.618 e. The van der Waals surface area contributed by atoms with Crippen LogP contribution in [-0.4, -0.2) is 0 Å². The van der Waals surface area contributed by atoms with Gasteiger partial charge in [0.2, 0.25) is 5.69 Å². The summed E-state index contributed by atoms with van der Waals surface area (Å²) in [7, 11) is 0. The summed E-state index contributed by atoms with van der Waals surface area (Å²) < 4.78 is 1.01. The molecule has 2 nitrogen and oxygen atoms in total. The van der Waals surface area contributed by atoms with Crippen molar-refractivity contribution in [2.45, 2.75) is 13.8 Å². The van der Waals surface area contributed by atoms with Crippen LogP contribution >= 0.6 is 11.3 Å². The predicted octanol–water partition coefficient (Wildman–Crippen LogP) is 4.54. The lowest BCUT2D eigenvalue weighted by Crippen LogP contribution is -2.35. The number of rotatable bonds is 2. The Kier molecular flexibility index (Phi) is 3.07. The molecule has 0 spiro atoms. The van der Waals surface area contributed by atoms with Crippen LogP contribution in [0.1, 0.15) is 18.3 Å². The third kappa shape index (κ3) is 1.82. The monoisotopic (exact) mass is 281 g/mol. The Bertz CT molecular complexity index is 803. The van der Waals surface area contributed by atoms with E-state index in [1.807, 2.05) is 49.6 Å². The summed E-state index contributed by atoms with van der Waals surface area (Å²) in [6, 6.07) is 12.1. The summed E-state index contributed by atoms with van der Waals surface area (Å²) in [4.78, 5) is 1.10. The lowest BCUT2D eigenvalue weighted by Gasteiger charge is -2.15. The Morgan fingerprint density at radius 2 is 1.85 bits per heavy atom. The van der Waals surface area contributed by atoms with Gasteiger partial charge in [-0.25, -0.2) is 0 Å². The molecule has 0 aliphatic heterocycles. The standard InChI is InChI=1S/C17H15NOS/c1-11(2)17-16(15-9-6-10-20-15)14-8-5-4-7-13(14)12(3)18(17)19/h4-10H,1H2,2-3H3. The first-order valence-electron chi connectivity index (χ1n) is 6.46. The minimum absolute atomic E-state index is 0.670. The second kappa shape index (κ2) is 4.76. The van der Waals surface area contributed by atoms with E-state index < -0.39 is 0 Å². The normalized spacial score (nSPS) is 10.9. The summed E-state index contributed by atoms with van der Waals surface area (Å²) in [5.41, 5.74) is 3.17. The highest BCUT2D eigenvalue weighted by Gasteiger charge is 2.23. The van der Waals surface area contributed by atoms with Crippen LogP contribution in [0.25, 0.3) is 26.8 Å². The molecule has 20 heavy (non-hydrogen) atoms. The highest BCUT2D eigenvalue weighted by molar-refractivity contribution is 7.13. The molecule has 0 saturated heterocycles. The SMILES string of the molecule is C=C(C)c1c(-c2cccs2)c2ccccc2c(C)[n+]1[O-]. The second-order valence-electron chi connectivity index (χ2n) is 4.91. The molecule has 0 unspecified atom stereocenters. The van der Waals surface area contributed by atoms with Crippen molar-refractivity contribution < 1.29 is 4.73 Å². The Balaban J connectivity index is 2.55. The average Bonchev–Trinajstić information content (AvgIpc) is 2.96. The topological polar surface area (TPSA) is 26.9 Å². The number of thiophene rings is 1. The van der Waals surface area contributed by atoms with E-state index in [0.29, 0.717) is 5.69 Å². The lowest BCUT2D eigenvalue weighted by atomic mass is 9.98. The lowest BCUT2D eigenvalue weighted by molar-refractivity contribution is -0.612. The van der Waals surface area contributed by atoms with Crippen LogP contribution in [0.3, 0.4) is 0 Å². The molecule has 0 N–H and O–H groups in total. The van der Waals surface area contributed by atoms with Gasteiger partial charge < -0.3 is 5.21 Å². The maximum atomic E-state index is 12.6. The summed E-state index contributed by atoms with van der Waals surface area (Å²) in [6.45, 7) is 7.73. The van der Waals surface area contributed by atoms with Gasteiger partial charge in [0.05, 0.1) is 10.9 Å². The molecule has 3 aromatic rings. The van der Waals surface area contributed by atoms with Crippen LogP contribution in [0.4, 0.5) is 0 Å². The predicted molar refractivity (Wildman–Crippen MR) is 85.7 cm³/mol. The van der Waals surface area contributed by atoms with Crippen LogP contribution < -0.4 is 4.73 Å². The van der Waals surface area contributed by atoms with E-state index in [-0.39, 0.29) is 0 Å². The maximum Gasteiger partial charge on any atom is 0.228 e. The van der Waals surface area contributed by atoms with Gasteiger partial charge in [0.15, 0.2) is 5.69 Å². The third-order valence-electron chi connectivity index (χ3n) is 3.50. The first-order valence-corrected chi connectivity index (χ1v) is 7.34. The van der Waals surface area contributed by atoms with E-state index in [0.717, 1.165) is 37.2 Å². The zero-order valence-electron chi connectivity index (χ0n) is 11.5. The van der Waals surface area contributed by atoms with Gasteiger partial charge in [-0.2, -0.15) is 4.73 Å². The van der Waals surface area contributed by atoms with E-state index in [2.05, 4.69) is 12.6 Å². The molecular weight excluding hydrogens is 266 g/mol. The van der Waals surface area contributed by atoms with E-state index in [4.69, 9.17) is 0 Å². The largest absolute Gasteiger partial charge is 0.618 e. The number of fused-ring (bicyclic) bond motifs is 1. The van der Waals surface area contributed by atoms with Crippen molar-refractivity contribution in [3.05, 3.63) is 65.0 Å². The van der Waals surface area contributed by atoms with Crippen LogP contribution in [0, 0.1) is 12.1 Å². The molecule has 0 amide bonds. The first-order chi connectivity index (χ1) is 9.61. The Morgan fingerprint density at radius 1 is 1.15 bits per heavy atom. The Hall–Kier alpha value is -2.13. The molecule has 0 atom stereocenters. The van der Waals surface area contributed by atoms with Gasteiger partial charge >= 0.3 is 0 Å². The van der Waals surface area contributed by atoms with Gasteiger partial charge in [-0.1, -0.05) is 30.8 Å². The molecule has 3 heteroatoms. The van der Waals surface area contributed by atoms with Crippen LogP contribution in [-0.2, 0) is 0 Å².